The number of nitriles is 1. The molecule has 1 atom stereocenters. The largest absolute Gasteiger partial charge is 0.496 e. The number of alkyl halides is 3. The van der Waals surface area contributed by atoms with E-state index in [1.807, 2.05) is 0 Å². The molecule has 0 saturated heterocycles. The topological polar surface area (TPSA) is 83.3 Å². The third kappa shape index (κ3) is 4.20. The first-order chi connectivity index (χ1) is 12.7. The number of methoxy groups -OCH3 is 1. The number of hydrogen-bond acceptors (Lipinski definition) is 5. The second kappa shape index (κ2) is 7.94. The molecule has 0 saturated carbocycles. The van der Waals surface area contributed by atoms with Crippen LogP contribution in [0.15, 0.2) is 47.6 Å². The van der Waals surface area contributed by atoms with E-state index in [0.29, 0.717) is 4.31 Å². The Morgan fingerprint density at radius 2 is 1.96 bits per heavy atom. The van der Waals surface area contributed by atoms with E-state index in [2.05, 4.69) is 4.98 Å². The second-order valence-electron chi connectivity index (χ2n) is 5.42. The van der Waals surface area contributed by atoms with E-state index in [4.69, 9.17) is 10.00 Å². The number of ether oxygens (including phenoxy) is 1. The Hall–Kier alpha value is -2.64. The zero-order chi connectivity index (χ0) is 20.2. The lowest BCUT2D eigenvalue weighted by molar-refractivity contribution is -0.173. The van der Waals surface area contributed by atoms with Crippen LogP contribution in [0.1, 0.15) is 24.1 Å². The van der Waals surface area contributed by atoms with Crippen LogP contribution in [-0.4, -0.2) is 37.5 Å². The molecule has 27 heavy (non-hydrogen) atoms. The van der Waals surface area contributed by atoms with Crippen molar-refractivity contribution in [3.05, 3.63) is 53.9 Å². The highest BCUT2D eigenvalue weighted by Gasteiger charge is 2.49. The smallest absolute Gasteiger partial charge is 0.409 e. The molecule has 0 bridgehead atoms. The Morgan fingerprint density at radius 3 is 2.52 bits per heavy atom. The van der Waals surface area contributed by atoms with Gasteiger partial charge in [0.1, 0.15) is 22.8 Å². The van der Waals surface area contributed by atoms with Crippen molar-refractivity contribution in [1.82, 2.24) is 9.29 Å². The van der Waals surface area contributed by atoms with Crippen LogP contribution in [-0.2, 0) is 10.0 Å². The number of benzene rings is 1. The molecular weight excluding hydrogens is 383 g/mol. The van der Waals surface area contributed by atoms with E-state index in [1.54, 1.807) is 6.07 Å². The molecule has 0 aliphatic carbocycles. The quantitative estimate of drug-likeness (QED) is 0.744. The molecule has 1 heterocycles. The SMILES string of the molecule is CCN([C@H](c1ccccc1OC)C(F)(F)F)S(=O)(=O)c1cncc(C#N)c1. The molecule has 2 aromatic rings. The van der Waals surface area contributed by atoms with Crippen LogP contribution < -0.4 is 4.74 Å². The van der Waals surface area contributed by atoms with Gasteiger partial charge in [0, 0.05) is 24.5 Å². The van der Waals surface area contributed by atoms with Gasteiger partial charge >= 0.3 is 6.18 Å². The first-order valence-corrected chi connectivity index (χ1v) is 9.17. The van der Waals surface area contributed by atoms with Gasteiger partial charge in [0.15, 0.2) is 0 Å². The van der Waals surface area contributed by atoms with Gasteiger partial charge in [-0.2, -0.15) is 22.7 Å². The molecule has 0 N–H and O–H groups in total. The predicted molar refractivity (Wildman–Crippen MR) is 90.3 cm³/mol. The summed E-state index contributed by atoms with van der Waals surface area (Å²) >= 11 is 0. The summed E-state index contributed by atoms with van der Waals surface area (Å²) in [5.74, 6) is -0.0858. The number of pyridine rings is 1. The fourth-order valence-electron chi connectivity index (χ4n) is 2.63. The monoisotopic (exact) mass is 399 g/mol. The normalized spacial score (nSPS) is 13.2. The van der Waals surface area contributed by atoms with Crippen LogP contribution in [0.5, 0.6) is 5.75 Å². The lowest BCUT2D eigenvalue weighted by Crippen LogP contribution is -2.42. The Kier molecular flexibility index (Phi) is 6.08. The minimum atomic E-state index is -4.90. The Bertz CT molecular complexity index is 956. The average Bonchev–Trinajstić information content (AvgIpc) is 2.64. The lowest BCUT2D eigenvalue weighted by Gasteiger charge is -2.32. The van der Waals surface area contributed by atoms with Gasteiger partial charge in [-0.3, -0.25) is 4.98 Å². The van der Waals surface area contributed by atoms with E-state index in [-0.39, 0.29) is 16.9 Å². The van der Waals surface area contributed by atoms with E-state index in [1.165, 1.54) is 38.3 Å². The number of nitrogens with zero attached hydrogens (tertiary/aromatic N) is 3. The zero-order valence-corrected chi connectivity index (χ0v) is 15.3. The van der Waals surface area contributed by atoms with Gasteiger partial charge in [-0.25, -0.2) is 8.42 Å². The van der Waals surface area contributed by atoms with Crippen molar-refractivity contribution in [2.75, 3.05) is 13.7 Å². The fraction of sp³-hybridized carbons (Fsp3) is 0.294. The molecule has 1 aromatic carbocycles. The molecule has 0 fully saturated rings. The molecule has 6 nitrogen and oxygen atoms in total. The molecule has 0 aliphatic heterocycles. The molecule has 0 radical (unpaired) electrons. The van der Waals surface area contributed by atoms with Crippen molar-refractivity contribution in [3.8, 4) is 11.8 Å². The molecule has 0 unspecified atom stereocenters. The lowest BCUT2D eigenvalue weighted by atomic mass is 10.1. The molecule has 2 rings (SSSR count). The Balaban J connectivity index is 2.67. The Morgan fingerprint density at radius 1 is 1.30 bits per heavy atom. The number of aromatic nitrogens is 1. The fourth-order valence-corrected chi connectivity index (χ4v) is 4.23. The summed E-state index contributed by atoms with van der Waals surface area (Å²) in [7, 11) is -3.39. The summed E-state index contributed by atoms with van der Waals surface area (Å²) in [6, 6.07) is 5.59. The average molecular weight is 399 g/mol. The van der Waals surface area contributed by atoms with Crippen LogP contribution in [0.4, 0.5) is 13.2 Å². The highest BCUT2D eigenvalue weighted by atomic mass is 32.2. The predicted octanol–water partition coefficient (Wildman–Crippen LogP) is 3.28. The van der Waals surface area contributed by atoms with Crippen molar-refractivity contribution in [3.63, 3.8) is 0 Å². The van der Waals surface area contributed by atoms with Crippen molar-refractivity contribution in [2.45, 2.75) is 24.0 Å². The minimum absolute atomic E-state index is 0.0759. The van der Waals surface area contributed by atoms with Crippen molar-refractivity contribution >= 4 is 10.0 Å². The molecule has 1 aromatic heterocycles. The molecule has 144 valence electrons. The number of rotatable bonds is 6. The van der Waals surface area contributed by atoms with Gasteiger partial charge < -0.3 is 4.74 Å². The summed E-state index contributed by atoms with van der Waals surface area (Å²) in [5, 5.41) is 8.91. The van der Waals surface area contributed by atoms with Crippen LogP contribution in [0.3, 0.4) is 0 Å². The van der Waals surface area contributed by atoms with E-state index < -0.39 is 33.7 Å². The zero-order valence-electron chi connectivity index (χ0n) is 14.4. The number of hydrogen-bond donors (Lipinski definition) is 0. The van der Waals surface area contributed by atoms with Gasteiger partial charge in [-0.1, -0.05) is 25.1 Å². The molecule has 10 heteroatoms. The van der Waals surface area contributed by atoms with E-state index in [0.717, 1.165) is 18.5 Å². The van der Waals surface area contributed by atoms with Gasteiger partial charge in [-0.05, 0) is 12.1 Å². The van der Waals surface area contributed by atoms with Crippen LogP contribution in [0.25, 0.3) is 0 Å². The molecule has 0 aliphatic rings. The highest BCUT2D eigenvalue weighted by Crippen LogP contribution is 2.43. The van der Waals surface area contributed by atoms with Gasteiger partial charge in [0.25, 0.3) is 0 Å². The highest BCUT2D eigenvalue weighted by molar-refractivity contribution is 7.89. The van der Waals surface area contributed by atoms with E-state index >= 15 is 0 Å². The van der Waals surface area contributed by atoms with E-state index in [9.17, 15) is 21.6 Å². The van der Waals surface area contributed by atoms with Crippen LogP contribution in [0.2, 0.25) is 0 Å². The van der Waals surface area contributed by atoms with Crippen molar-refractivity contribution in [2.24, 2.45) is 0 Å². The summed E-state index contributed by atoms with van der Waals surface area (Å²) in [6.45, 7) is 0.842. The number of para-hydroxylation sites is 1. The summed E-state index contributed by atoms with van der Waals surface area (Å²) in [4.78, 5) is 3.14. The molecule has 0 spiro atoms. The maximum atomic E-state index is 13.9. The molecule has 0 amide bonds. The van der Waals surface area contributed by atoms with Crippen LogP contribution >= 0.6 is 0 Å². The third-order valence-corrected chi connectivity index (χ3v) is 5.70. The van der Waals surface area contributed by atoms with Gasteiger partial charge in [-0.15, -0.1) is 0 Å². The first-order valence-electron chi connectivity index (χ1n) is 7.73. The maximum absolute atomic E-state index is 13.9. The van der Waals surface area contributed by atoms with Gasteiger partial charge in [0.2, 0.25) is 10.0 Å². The summed E-state index contributed by atoms with van der Waals surface area (Å²) < 4.78 is 72.9. The summed E-state index contributed by atoms with van der Waals surface area (Å²) in [6.07, 6.45) is -2.87. The Labute approximate surface area is 154 Å². The standard InChI is InChI=1S/C17H16F3N3O3S/c1-3-23(27(24,25)13-8-12(9-21)10-22-11-13)16(17(18,19)20)14-6-4-5-7-15(14)26-2/h4-8,10-11,16H,3H2,1-2H3/t16-/m1/s1. The first kappa shape index (κ1) is 20.7. The second-order valence-corrected chi connectivity index (χ2v) is 7.31. The van der Waals surface area contributed by atoms with Crippen LogP contribution in [0, 0.1) is 11.3 Å². The number of sulfonamides is 1. The minimum Gasteiger partial charge on any atom is -0.496 e. The number of halogens is 3. The third-order valence-electron chi connectivity index (χ3n) is 3.79. The van der Waals surface area contributed by atoms with Crippen molar-refractivity contribution < 1.29 is 26.3 Å². The summed E-state index contributed by atoms with van der Waals surface area (Å²) in [5.41, 5.74) is -0.407. The maximum Gasteiger partial charge on any atom is 0.409 e. The van der Waals surface area contributed by atoms with Crippen molar-refractivity contribution in [1.29, 1.82) is 5.26 Å². The molecular formula is C17H16F3N3O3S. The van der Waals surface area contributed by atoms with Gasteiger partial charge in [0.05, 0.1) is 12.7 Å².